The number of nitrogens with zero attached hydrogens (tertiary/aromatic N) is 1. The van der Waals surface area contributed by atoms with Crippen LogP contribution in [-0.2, 0) is 11.2 Å². The van der Waals surface area contributed by atoms with E-state index in [1.54, 1.807) is 37.1 Å². The van der Waals surface area contributed by atoms with Crippen molar-refractivity contribution in [2.75, 3.05) is 18.6 Å². The normalized spacial score (nSPS) is 13.9. The van der Waals surface area contributed by atoms with Gasteiger partial charge in [-0.1, -0.05) is 29.3 Å². The van der Waals surface area contributed by atoms with E-state index < -0.39 is 11.9 Å². The number of halogens is 2. The maximum atomic E-state index is 12.8. The molecule has 2 aromatic rings. The molecule has 136 valence electrons. The van der Waals surface area contributed by atoms with Gasteiger partial charge in [-0.05, 0) is 49.2 Å². The number of ether oxygens (including phenoxy) is 1. The first kappa shape index (κ1) is 18.5. The molecule has 2 amide bonds. The number of carbonyl (C=O) groups is 2. The molecule has 0 saturated carbocycles. The van der Waals surface area contributed by atoms with Gasteiger partial charge in [0.2, 0.25) is 5.91 Å². The largest absolute Gasteiger partial charge is 0.497 e. The minimum Gasteiger partial charge on any atom is -0.497 e. The van der Waals surface area contributed by atoms with Crippen molar-refractivity contribution in [2.45, 2.75) is 19.4 Å². The Hall–Kier alpha value is -2.24. The van der Waals surface area contributed by atoms with Gasteiger partial charge in [-0.2, -0.15) is 0 Å². The van der Waals surface area contributed by atoms with E-state index in [9.17, 15) is 9.59 Å². The van der Waals surface area contributed by atoms with Gasteiger partial charge < -0.3 is 15.0 Å². The SMILES string of the molecule is COc1ccc2c(c1)CCN2C(=O)[C@H](C)NC(=O)c1cccc(Cl)c1Cl. The van der Waals surface area contributed by atoms with Crippen LogP contribution in [0.2, 0.25) is 10.0 Å². The molecule has 1 aliphatic rings. The maximum Gasteiger partial charge on any atom is 0.253 e. The van der Waals surface area contributed by atoms with Crippen molar-refractivity contribution in [2.24, 2.45) is 0 Å². The Morgan fingerprint density at radius 3 is 2.73 bits per heavy atom. The van der Waals surface area contributed by atoms with E-state index in [4.69, 9.17) is 27.9 Å². The van der Waals surface area contributed by atoms with Crippen LogP contribution in [0.3, 0.4) is 0 Å². The van der Waals surface area contributed by atoms with Gasteiger partial charge >= 0.3 is 0 Å². The van der Waals surface area contributed by atoms with Gasteiger partial charge in [-0.3, -0.25) is 9.59 Å². The molecule has 26 heavy (non-hydrogen) atoms. The number of nitrogens with one attached hydrogen (secondary N) is 1. The van der Waals surface area contributed by atoms with Crippen LogP contribution in [0.25, 0.3) is 0 Å². The summed E-state index contributed by atoms with van der Waals surface area (Å²) in [5, 5.41) is 3.16. The molecule has 5 nitrogen and oxygen atoms in total. The monoisotopic (exact) mass is 392 g/mol. The van der Waals surface area contributed by atoms with E-state index in [-0.39, 0.29) is 16.5 Å². The van der Waals surface area contributed by atoms with Crippen LogP contribution >= 0.6 is 23.2 Å². The second-order valence-electron chi connectivity index (χ2n) is 6.03. The second-order valence-corrected chi connectivity index (χ2v) is 6.82. The summed E-state index contributed by atoms with van der Waals surface area (Å²) in [7, 11) is 1.61. The van der Waals surface area contributed by atoms with Crippen LogP contribution in [0.5, 0.6) is 5.75 Å². The highest BCUT2D eigenvalue weighted by molar-refractivity contribution is 6.43. The maximum absolute atomic E-state index is 12.8. The fourth-order valence-electron chi connectivity index (χ4n) is 2.98. The molecule has 0 aromatic heterocycles. The Labute approximate surface area is 161 Å². The average Bonchev–Trinajstić information content (AvgIpc) is 3.06. The lowest BCUT2D eigenvalue weighted by Crippen LogP contribution is -2.46. The Bertz CT molecular complexity index is 870. The second kappa shape index (κ2) is 7.56. The highest BCUT2D eigenvalue weighted by atomic mass is 35.5. The van der Waals surface area contributed by atoms with Crippen molar-refractivity contribution < 1.29 is 14.3 Å². The highest BCUT2D eigenvalue weighted by Gasteiger charge is 2.29. The molecule has 0 saturated heterocycles. The fraction of sp³-hybridized carbons (Fsp3) is 0.263. The average molecular weight is 393 g/mol. The van der Waals surface area contributed by atoms with Crippen LogP contribution in [0, 0.1) is 0 Å². The number of rotatable bonds is 4. The van der Waals surface area contributed by atoms with Crippen molar-refractivity contribution >= 4 is 40.7 Å². The van der Waals surface area contributed by atoms with Gasteiger partial charge in [0.1, 0.15) is 11.8 Å². The lowest BCUT2D eigenvalue weighted by Gasteiger charge is -2.22. The molecule has 1 heterocycles. The van der Waals surface area contributed by atoms with Crippen LogP contribution < -0.4 is 15.0 Å². The van der Waals surface area contributed by atoms with E-state index in [1.807, 2.05) is 18.2 Å². The Balaban J connectivity index is 1.73. The first-order chi connectivity index (χ1) is 12.4. The number of hydrogen-bond acceptors (Lipinski definition) is 3. The van der Waals surface area contributed by atoms with Crippen molar-refractivity contribution in [3.05, 3.63) is 57.6 Å². The molecular formula is C19H18Cl2N2O3. The summed E-state index contributed by atoms with van der Waals surface area (Å²) in [5.74, 6) is 0.142. The van der Waals surface area contributed by atoms with E-state index in [1.165, 1.54) is 0 Å². The van der Waals surface area contributed by atoms with Gasteiger partial charge in [-0.25, -0.2) is 0 Å². The van der Waals surface area contributed by atoms with Gasteiger partial charge in [0.25, 0.3) is 5.91 Å². The van der Waals surface area contributed by atoms with Crippen molar-refractivity contribution in [1.82, 2.24) is 5.32 Å². The van der Waals surface area contributed by atoms with Crippen LogP contribution in [0.4, 0.5) is 5.69 Å². The van der Waals surface area contributed by atoms with E-state index in [0.29, 0.717) is 11.6 Å². The van der Waals surface area contributed by atoms with E-state index in [2.05, 4.69) is 5.32 Å². The molecule has 1 N–H and O–H groups in total. The first-order valence-electron chi connectivity index (χ1n) is 8.15. The van der Waals surface area contributed by atoms with Crippen molar-refractivity contribution in [3.63, 3.8) is 0 Å². The first-order valence-corrected chi connectivity index (χ1v) is 8.91. The molecule has 1 atom stereocenters. The van der Waals surface area contributed by atoms with Crippen molar-refractivity contribution in [1.29, 1.82) is 0 Å². The number of benzene rings is 2. The molecule has 0 fully saturated rings. The molecular weight excluding hydrogens is 375 g/mol. The molecule has 7 heteroatoms. The topological polar surface area (TPSA) is 58.6 Å². The van der Waals surface area contributed by atoms with Gasteiger partial charge in [0.15, 0.2) is 0 Å². The predicted molar refractivity (Wildman–Crippen MR) is 102 cm³/mol. The Morgan fingerprint density at radius 2 is 2.00 bits per heavy atom. The minimum atomic E-state index is -0.703. The van der Waals surface area contributed by atoms with Gasteiger partial charge in [-0.15, -0.1) is 0 Å². The number of anilines is 1. The summed E-state index contributed by atoms with van der Waals surface area (Å²) in [5.41, 5.74) is 2.14. The minimum absolute atomic E-state index is 0.171. The highest BCUT2D eigenvalue weighted by Crippen LogP contribution is 2.31. The Kier molecular flexibility index (Phi) is 5.39. The molecule has 0 spiro atoms. The zero-order valence-electron chi connectivity index (χ0n) is 14.4. The number of carbonyl (C=O) groups excluding carboxylic acids is 2. The smallest absolute Gasteiger partial charge is 0.253 e. The summed E-state index contributed by atoms with van der Waals surface area (Å²) < 4.78 is 5.22. The quantitative estimate of drug-likeness (QED) is 0.862. The molecule has 2 aromatic carbocycles. The molecule has 3 rings (SSSR count). The molecule has 0 radical (unpaired) electrons. The third-order valence-electron chi connectivity index (χ3n) is 4.36. The number of hydrogen-bond donors (Lipinski definition) is 1. The van der Waals surface area contributed by atoms with Crippen LogP contribution in [0.15, 0.2) is 36.4 Å². The third kappa shape index (κ3) is 3.50. The molecule has 0 unspecified atom stereocenters. The van der Waals surface area contributed by atoms with Crippen LogP contribution in [-0.4, -0.2) is 31.5 Å². The van der Waals surface area contributed by atoms with Crippen molar-refractivity contribution in [3.8, 4) is 5.75 Å². The van der Waals surface area contributed by atoms with Gasteiger partial charge in [0, 0.05) is 12.2 Å². The summed E-state index contributed by atoms with van der Waals surface area (Å²) in [6, 6.07) is 9.71. The standard InChI is InChI=1S/C19H18Cl2N2O3/c1-11(22-18(24)14-4-3-5-15(20)17(14)21)19(25)23-9-8-12-10-13(26-2)6-7-16(12)23/h3-7,10-11H,8-9H2,1-2H3,(H,22,24)/t11-/m0/s1. The number of fused-ring (bicyclic) bond motifs is 1. The Morgan fingerprint density at radius 1 is 1.23 bits per heavy atom. The fourth-order valence-corrected chi connectivity index (χ4v) is 3.37. The van der Waals surface area contributed by atoms with Gasteiger partial charge in [0.05, 0.1) is 22.7 Å². The summed E-state index contributed by atoms with van der Waals surface area (Å²) in [6.45, 7) is 2.22. The predicted octanol–water partition coefficient (Wildman–Crippen LogP) is 3.71. The lowest BCUT2D eigenvalue weighted by atomic mass is 10.1. The number of methoxy groups -OCH3 is 1. The summed E-state index contributed by atoms with van der Waals surface area (Å²) in [4.78, 5) is 26.9. The summed E-state index contributed by atoms with van der Waals surface area (Å²) >= 11 is 12.0. The number of amides is 2. The zero-order chi connectivity index (χ0) is 18.8. The third-order valence-corrected chi connectivity index (χ3v) is 5.18. The molecule has 1 aliphatic heterocycles. The zero-order valence-corrected chi connectivity index (χ0v) is 15.9. The molecule has 0 aliphatic carbocycles. The van der Waals surface area contributed by atoms with Crippen LogP contribution in [0.1, 0.15) is 22.8 Å². The van der Waals surface area contributed by atoms with E-state index in [0.717, 1.165) is 23.4 Å². The lowest BCUT2D eigenvalue weighted by molar-refractivity contribution is -0.119. The summed E-state index contributed by atoms with van der Waals surface area (Å²) in [6.07, 6.45) is 0.749. The molecule has 0 bridgehead atoms. The van der Waals surface area contributed by atoms with E-state index >= 15 is 0 Å².